The van der Waals surface area contributed by atoms with Crippen molar-refractivity contribution in [2.75, 3.05) is 70.2 Å². The monoisotopic (exact) mass is 705 g/mol. The van der Waals surface area contributed by atoms with Crippen LogP contribution < -0.4 is 20.9 Å². The van der Waals surface area contributed by atoms with E-state index in [4.69, 9.17) is 9.84 Å². The number of carbonyl (C=O) groups is 1. The van der Waals surface area contributed by atoms with Gasteiger partial charge in [0.15, 0.2) is 17.2 Å². The number of carbonyl (C=O) groups excluding carboxylic acids is 1. The fourth-order valence-corrected chi connectivity index (χ4v) is 9.39. The van der Waals surface area contributed by atoms with Gasteiger partial charge in [-0.05, 0) is 113 Å². The van der Waals surface area contributed by atoms with E-state index < -0.39 is 12.0 Å². The molecule has 13 heteroatoms. The molecule has 3 saturated heterocycles. The first kappa shape index (κ1) is 34.7. The Kier molecular flexibility index (Phi) is 9.90. The highest BCUT2D eigenvalue weighted by molar-refractivity contribution is 5.94. The third-order valence-electron chi connectivity index (χ3n) is 12.4. The van der Waals surface area contributed by atoms with Crippen molar-refractivity contribution in [1.82, 2.24) is 35.0 Å². The number of fused-ring (bicyclic) bond motifs is 2. The van der Waals surface area contributed by atoms with E-state index in [2.05, 4.69) is 42.9 Å². The number of likely N-dealkylation sites (tertiary alicyclic amines) is 2. The summed E-state index contributed by atoms with van der Waals surface area (Å²) in [6.45, 7) is 5.50. The molecule has 4 aliphatic heterocycles. The van der Waals surface area contributed by atoms with E-state index in [0.29, 0.717) is 49.1 Å². The number of nitrogens with one attached hydrogen (secondary N) is 3. The van der Waals surface area contributed by atoms with E-state index in [1.807, 2.05) is 24.1 Å². The van der Waals surface area contributed by atoms with Gasteiger partial charge in [0.1, 0.15) is 0 Å². The first-order chi connectivity index (χ1) is 24.8. The van der Waals surface area contributed by atoms with Crippen LogP contribution in [0.4, 0.5) is 26.0 Å². The van der Waals surface area contributed by atoms with Crippen molar-refractivity contribution in [3.63, 3.8) is 0 Å². The molecule has 1 aromatic carbocycles. The van der Waals surface area contributed by atoms with Crippen molar-refractivity contribution in [3.05, 3.63) is 47.3 Å². The maximum atomic E-state index is 15.9. The van der Waals surface area contributed by atoms with E-state index in [9.17, 15) is 4.79 Å². The number of ether oxygens (including phenoxy) is 1. The van der Waals surface area contributed by atoms with Gasteiger partial charge < -0.3 is 25.6 Å². The molecule has 1 aliphatic carbocycles. The number of alkyl halides is 2. The van der Waals surface area contributed by atoms with Crippen molar-refractivity contribution in [2.24, 2.45) is 11.8 Å². The smallest absolute Gasteiger partial charge is 0.275 e. The standard InChI is InChI=1S/C38H53F2N9O2/c1-41-30-21-35(45-49-32(22-43-36(30)49)37(50)44-29-6-7-33(29)51-2)48-19-12-28-27(4-3-5-31(28)48)23-46-16-13-34(38(39,40)24-46)47-17-10-26(11-18-47)20-25-8-14-42-15-9-25/h3-5,21-22,25-26,29,33-34,41-42H,6-20,23-24H2,1-2H3,(H,44,50)/t29-,33-,34-/m1/s1. The quantitative estimate of drug-likeness (QED) is 0.278. The van der Waals surface area contributed by atoms with E-state index in [1.54, 1.807) is 17.8 Å². The van der Waals surface area contributed by atoms with Gasteiger partial charge in [-0.1, -0.05) is 12.1 Å². The van der Waals surface area contributed by atoms with E-state index in [0.717, 1.165) is 81.1 Å². The van der Waals surface area contributed by atoms with Gasteiger partial charge in [-0.3, -0.25) is 14.6 Å². The van der Waals surface area contributed by atoms with Crippen LogP contribution in [0.1, 0.15) is 73.0 Å². The molecular weight excluding hydrogens is 652 g/mol. The maximum Gasteiger partial charge on any atom is 0.275 e. The molecule has 3 aromatic rings. The molecule has 0 bridgehead atoms. The average Bonchev–Trinajstić information content (AvgIpc) is 3.76. The summed E-state index contributed by atoms with van der Waals surface area (Å²) in [4.78, 5) is 24.1. The van der Waals surface area contributed by atoms with Crippen molar-refractivity contribution in [1.29, 1.82) is 0 Å². The van der Waals surface area contributed by atoms with Gasteiger partial charge in [0, 0.05) is 45.5 Å². The number of rotatable bonds is 10. The van der Waals surface area contributed by atoms with Crippen LogP contribution in [0.25, 0.3) is 5.65 Å². The Hall–Kier alpha value is -3.39. The zero-order valence-electron chi connectivity index (χ0n) is 30.1. The van der Waals surface area contributed by atoms with E-state index in [-0.39, 0.29) is 24.6 Å². The van der Waals surface area contributed by atoms with Gasteiger partial charge in [0.25, 0.3) is 11.8 Å². The molecule has 3 N–H and O–H groups in total. The number of anilines is 3. The highest BCUT2D eigenvalue weighted by Crippen LogP contribution is 2.40. The lowest BCUT2D eigenvalue weighted by Gasteiger charge is -2.46. The van der Waals surface area contributed by atoms with Crippen molar-refractivity contribution in [2.45, 2.75) is 88.4 Å². The van der Waals surface area contributed by atoms with Crippen molar-refractivity contribution >= 4 is 28.7 Å². The number of amides is 1. The molecule has 4 fully saturated rings. The lowest BCUT2D eigenvalue weighted by molar-refractivity contribution is -0.134. The molecule has 3 atom stereocenters. The minimum absolute atomic E-state index is 0.0223. The molecule has 5 aliphatic rings. The predicted molar refractivity (Wildman–Crippen MR) is 194 cm³/mol. The summed E-state index contributed by atoms with van der Waals surface area (Å²) in [5.41, 5.74) is 4.99. The molecule has 0 unspecified atom stereocenters. The minimum atomic E-state index is -2.75. The second-order valence-electron chi connectivity index (χ2n) is 15.5. The van der Waals surface area contributed by atoms with Gasteiger partial charge in [-0.25, -0.2) is 18.3 Å². The van der Waals surface area contributed by atoms with Gasteiger partial charge in [-0.15, -0.1) is 5.10 Å². The van der Waals surface area contributed by atoms with E-state index >= 15 is 8.78 Å². The van der Waals surface area contributed by atoms with Crippen LogP contribution >= 0.6 is 0 Å². The minimum Gasteiger partial charge on any atom is -0.385 e. The number of piperidine rings is 3. The van der Waals surface area contributed by atoms with Crippen LogP contribution in [-0.2, 0) is 17.7 Å². The lowest BCUT2D eigenvalue weighted by Crippen LogP contribution is -2.59. The summed E-state index contributed by atoms with van der Waals surface area (Å²) in [6.07, 6.45) is 10.6. The second-order valence-corrected chi connectivity index (χ2v) is 15.5. The van der Waals surface area contributed by atoms with Gasteiger partial charge in [0.2, 0.25) is 0 Å². The molecule has 11 nitrogen and oxygen atoms in total. The molecule has 0 spiro atoms. The highest BCUT2D eigenvalue weighted by atomic mass is 19.3. The Morgan fingerprint density at radius 1 is 1.04 bits per heavy atom. The summed E-state index contributed by atoms with van der Waals surface area (Å²) in [5.74, 6) is -0.801. The number of nitrogens with zero attached hydrogens (tertiary/aromatic N) is 6. The summed E-state index contributed by atoms with van der Waals surface area (Å²) in [7, 11) is 3.50. The lowest BCUT2D eigenvalue weighted by atomic mass is 9.82. The molecule has 8 rings (SSSR count). The van der Waals surface area contributed by atoms with Crippen LogP contribution in [-0.4, -0.2) is 114 Å². The third-order valence-corrected chi connectivity index (χ3v) is 12.4. The third kappa shape index (κ3) is 6.94. The van der Waals surface area contributed by atoms with Gasteiger partial charge in [0.05, 0.1) is 36.6 Å². The van der Waals surface area contributed by atoms with Crippen LogP contribution in [0.3, 0.4) is 0 Å². The Morgan fingerprint density at radius 2 is 1.84 bits per heavy atom. The first-order valence-corrected chi connectivity index (χ1v) is 19.1. The maximum absolute atomic E-state index is 15.9. The molecule has 276 valence electrons. The zero-order chi connectivity index (χ0) is 35.1. The molecular formula is C38H53F2N9O2. The fourth-order valence-electron chi connectivity index (χ4n) is 9.39. The van der Waals surface area contributed by atoms with Crippen LogP contribution in [0.2, 0.25) is 0 Å². The zero-order valence-corrected chi connectivity index (χ0v) is 30.1. The highest BCUT2D eigenvalue weighted by Gasteiger charge is 2.48. The number of aromatic nitrogens is 3. The second kappa shape index (κ2) is 14.6. The number of hydrogen-bond acceptors (Lipinski definition) is 9. The average molecular weight is 706 g/mol. The van der Waals surface area contributed by atoms with Crippen molar-refractivity contribution in [3.8, 4) is 0 Å². The van der Waals surface area contributed by atoms with Crippen LogP contribution in [0, 0.1) is 11.8 Å². The van der Waals surface area contributed by atoms with Crippen LogP contribution in [0.15, 0.2) is 30.5 Å². The number of methoxy groups -OCH3 is 1. The Balaban J connectivity index is 0.933. The van der Waals surface area contributed by atoms with Crippen molar-refractivity contribution < 1.29 is 18.3 Å². The Morgan fingerprint density at radius 3 is 2.57 bits per heavy atom. The molecule has 0 radical (unpaired) electrons. The molecule has 2 aromatic heterocycles. The molecule has 1 saturated carbocycles. The summed E-state index contributed by atoms with van der Waals surface area (Å²) < 4.78 is 38.8. The number of hydrogen-bond donors (Lipinski definition) is 3. The van der Waals surface area contributed by atoms with Gasteiger partial charge in [-0.2, -0.15) is 0 Å². The number of benzene rings is 1. The fraction of sp³-hybridized carbons (Fsp3) is 0.658. The van der Waals surface area contributed by atoms with Crippen LogP contribution in [0.5, 0.6) is 0 Å². The normalized spacial score (nSPS) is 26.3. The molecule has 6 heterocycles. The predicted octanol–water partition coefficient (Wildman–Crippen LogP) is 4.68. The summed E-state index contributed by atoms with van der Waals surface area (Å²) in [6, 6.07) is 7.44. The Bertz CT molecular complexity index is 1700. The topological polar surface area (TPSA) is 102 Å². The number of imidazole rings is 1. The van der Waals surface area contributed by atoms with Gasteiger partial charge >= 0.3 is 0 Å². The molecule has 1 amide bonds. The SMILES string of the molecule is CNc1cc(N2CCc3c(CN4CC[C@@H](N5CCC(CC6CCNCC6)CC5)C(F)(F)C4)cccc32)nn2c(C(=O)N[C@@H]3CC[C@H]3OC)cnc12. The first-order valence-electron chi connectivity index (χ1n) is 19.1. The molecule has 51 heavy (non-hydrogen) atoms. The summed E-state index contributed by atoms with van der Waals surface area (Å²) in [5, 5.41) is 14.7. The number of halogens is 2. The summed E-state index contributed by atoms with van der Waals surface area (Å²) >= 11 is 0. The van der Waals surface area contributed by atoms with E-state index in [1.165, 1.54) is 24.8 Å². The largest absolute Gasteiger partial charge is 0.385 e. The Labute approximate surface area is 299 Å².